The first kappa shape index (κ1) is 18.7. The van der Waals surface area contributed by atoms with Gasteiger partial charge in [0.2, 0.25) is 0 Å². The maximum Gasteiger partial charge on any atom is 0.461 e. The van der Waals surface area contributed by atoms with Gasteiger partial charge in [0, 0.05) is 6.04 Å². The Morgan fingerprint density at radius 2 is 1.82 bits per heavy atom. The van der Waals surface area contributed by atoms with Crippen molar-refractivity contribution in [2.45, 2.75) is 51.9 Å². The largest absolute Gasteiger partial charge is 0.461 e. The smallest absolute Gasteiger partial charge is 0.428 e. The molecule has 0 unspecified atom stereocenters. The Bertz CT molecular complexity index is 489. The van der Waals surface area contributed by atoms with E-state index in [-0.39, 0.29) is 23.4 Å². The number of hydrogen-bond donors (Lipinski definition) is 2. The summed E-state index contributed by atoms with van der Waals surface area (Å²) in [7, 11) is 0. The molecule has 2 atom stereocenters. The van der Waals surface area contributed by atoms with Crippen LogP contribution in [0, 0.1) is 5.41 Å². The molecule has 0 aromatic heterocycles. The number of aliphatic hydroxyl groups excluding tert-OH is 1. The number of ether oxygens (including phenoxy) is 1. The van der Waals surface area contributed by atoms with E-state index < -0.39 is 24.4 Å². The van der Waals surface area contributed by atoms with E-state index in [1.807, 2.05) is 20.8 Å². The molecule has 7 heteroatoms. The van der Waals surface area contributed by atoms with Crippen LogP contribution in [-0.4, -0.2) is 23.7 Å². The van der Waals surface area contributed by atoms with Crippen molar-refractivity contribution in [1.82, 2.24) is 0 Å². The Balaban J connectivity index is 2.84. The molecule has 0 aliphatic heterocycles. The first-order chi connectivity index (χ1) is 9.93. The van der Waals surface area contributed by atoms with E-state index in [4.69, 9.17) is 5.73 Å². The minimum atomic E-state index is -4.58. The summed E-state index contributed by atoms with van der Waals surface area (Å²) in [6.07, 6.45) is -9.31. The highest BCUT2D eigenvalue weighted by Crippen LogP contribution is 2.31. The van der Waals surface area contributed by atoms with Gasteiger partial charge in [0.25, 0.3) is 0 Å². The maximum absolute atomic E-state index is 12.9. The van der Waals surface area contributed by atoms with E-state index in [9.17, 15) is 22.7 Å². The average molecular weight is 323 g/mol. The van der Waals surface area contributed by atoms with E-state index >= 15 is 0 Å². The SMILES string of the molecule is CC(C)(C)[C@@H](N)C[C@H](O)c1cccc(OC(F)(F)C(F)F)c1. The number of nitrogens with two attached hydrogens (primary N) is 1. The molecule has 3 N–H and O–H groups in total. The van der Waals surface area contributed by atoms with Gasteiger partial charge in [0.05, 0.1) is 6.10 Å². The van der Waals surface area contributed by atoms with Crippen LogP contribution in [-0.2, 0) is 0 Å². The molecule has 0 heterocycles. The van der Waals surface area contributed by atoms with E-state index in [0.29, 0.717) is 0 Å². The Morgan fingerprint density at radius 3 is 2.32 bits per heavy atom. The number of hydrogen-bond acceptors (Lipinski definition) is 3. The molecule has 0 radical (unpaired) electrons. The van der Waals surface area contributed by atoms with Crippen LogP contribution in [0.1, 0.15) is 38.9 Å². The topological polar surface area (TPSA) is 55.5 Å². The summed E-state index contributed by atoms with van der Waals surface area (Å²) in [6.45, 7) is 5.73. The molecule has 0 spiro atoms. The van der Waals surface area contributed by atoms with Crippen LogP contribution in [0.5, 0.6) is 5.75 Å². The zero-order valence-corrected chi connectivity index (χ0v) is 12.7. The number of halogens is 4. The Hall–Kier alpha value is -1.34. The molecular formula is C15H21F4NO2. The molecular weight excluding hydrogens is 302 g/mol. The monoisotopic (exact) mass is 323 g/mol. The minimum Gasteiger partial charge on any atom is -0.428 e. The van der Waals surface area contributed by atoms with Crippen molar-refractivity contribution in [3.05, 3.63) is 29.8 Å². The van der Waals surface area contributed by atoms with Crippen LogP contribution < -0.4 is 10.5 Å². The molecule has 0 aliphatic rings. The fraction of sp³-hybridized carbons (Fsp3) is 0.600. The minimum absolute atomic E-state index is 0.207. The molecule has 0 bridgehead atoms. The third kappa shape index (κ3) is 5.14. The van der Waals surface area contributed by atoms with Gasteiger partial charge in [0.1, 0.15) is 5.75 Å². The molecule has 0 amide bonds. The highest BCUT2D eigenvalue weighted by Gasteiger charge is 2.44. The fourth-order valence-corrected chi connectivity index (χ4v) is 1.72. The van der Waals surface area contributed by atoms with Gasteiger partial charge in [-0.25, -0.2) is 0 Å². The molecule has 0 aliphatic carbocycles. The molecule has 1 rings (SSSR count). The summed E-state index contributed by atoms with van der Waals surface area (Å²) in [5, 5.41) is 10.1. The molecule has 3 nitrogen and oxygen atoms in total. The zero-order valence-electron chi connectivity index (χ0n) is 12.7. The summed E-state index contributed by atoms with van der Waals surface area (Å²) in [6, 6.07) is 4.74. The first-order valence-corrected chi connectivity index (χ1v) is 6.82. The van der Waals surface area contributed by atoms with Crippen LogP contribution in [0.15, 0.2) is 24.3 Å². The highest BCUT2D eigenvalue weighted by atomic mass is 19.3. The van der Waals surface area contributed by atoms with Gasteiger partial charge in [0.15, 0.2) is 0 Å². The third-order valence-corrected chi connectivity index (χ3v) is 3.34. The van der Waals surface area contributed by atoms with E-state index in [1.165, 1.54) is 12.1 Å². The standard InChI is InChI=1S/C15H21F4NO2/c1-14(2,3)12(20)8-11(21)9-5-4-6-10(7-9)22-15(18,19)13(16)17/h4-7,11-13,21H,8,20H2,1-3H3/t11-,12-/m0/s1. The van der Waals surface area contributed by atoms with Crippen molar-refractivity contribution in [3.63, 3.8) is 0 Å². The van der Waals surface area contributed by atoms with E-state index in [2.05, 4.69) is 4.74 Å². The Kier molecular flexibility index (Phi) is 5.81. The summed E-state index contributed by atoms with van der Waals surface area (Å²) < 4.78 is 54.0. The van der Waals surface area contributed by atoms with Gasteiger partial charge >= 0.3 is 12.5 Å². The van der Waals surface area contributed by atoms with Gasteiger partial charge < -0.3 is 15.6 Å². The van der Waals surface area contributed by atoms with Crippen molar-refractivity contribution >= 4 is 0 Å². The van der Waals surface area contributed by atoms with Crippen molar-refractivity contribution < 1.29 is 27.4 Å². The van der Waals surface area contributed by atoms with Gasteiger partial charge in [-0.15, -0.1) is 0 Å². The predicted molar refractivity (Wildman–Crippen MR) is 75.0 cm³/mol. The summed E-state index contributed by atoms with van der Waals surface area (Å²) >= 11 is 0. The lowest BCUT2D eigenvalue weighted by Gasteiger charge is -2.29. The molecule has 0 saturated heterocycles. The second-order valence-corrected chi connectivity index (χ2v) is 6.26. The van der Waals surface area contributed by atoms with Crippen LogP contribution in [0.3, 0.4) is 0 Å². The normalized spacial score (nSPS) is 15.7. The van der Waals surface area contributed by atoms with Gasteiger partial charge in [-0.3, -0.25) is 0 Å². The van der Waals surface area contributed by atoms with E-state index in [0.717, 1.165) is 12.1 Å². The predicted octanol–water partition coefficient (Wildman–Crippen LogP) is 3.72. The second kappa shape index (κ2) is 6.83. The summed E-state index contributed by atoms with van der Waals surface area (Å²) in [5.41, 5.74) is 6.00. The van der Waals surface area contributed by atoms with Crippen molar-refractivity contribution in [3.8, 4) is 5.75 Å². The molecule has 0 fully saturated rings. The number of rotatable bonds is 6. The number of aliphatic hydroxyl groups is 1. The molecule has 1 aromatic carbocycles. The third-order valence-electron chi connectivity index (χ3n) is 3.34. The lowest BCUT2D eigenvalue weighted by molar-refractivity contribution is -0.253. The highest BCUT2D eigenvalue weighted by molar-refractivity contribution is 5.30. The fourth-order valence-electron chi connectivity index (χ4n) is 1.72. The zero-order chi connectivity index (χ0) is 17.1. The lowest BCUT2D eigenvalue weighted by atomic mass is 9.83. The average Bonchev–Trinajstić information content (AvgIpc) is 2.37. The van der Waals surface area contributed by atoms with Crippen molar-refractivity contribution in [2.75, 3.05) is 0 Å². The molecule has 22 heavy (non-hydrogen) atoms. The molecule has 1 aromatic rings. The molecule has 126 valence electrons. The van der Waals surface area contributed by atoms with Crippen LogP contribution in [0.25, 0.3) is 0 Å². The quantitative estimate of drug-likeness (QED) is 0.785. The van der Waals surface area contributed by atoms with Crippen LogP contribution in [0.4, 0.5) is 17.6 Å². The maximum atomic E-state index is 12.9. The van der Waals surface area contributed by atoms with Gasteiger partial charge in [-0.05, 0) is 29.5 Å². The van der Waals surface area contributed by atoms with Crippen LogP contribution >= 0.6 is 0 Å². The lowest BCUT2D eigenvalue weighted by Crippen LogP contribution is -2.36. The number of alkyl halides is 4. The summed E-state index contributed by atoms with van der Waals surface area (Å²) in [5.74, 6) is -0.439. The van der Waals surface area contributed by atoms with E-state index in [1.54, 1.807) is 0 Å². The van der Waals surface area contributed by atoms with Gasteiger partial charge in [-0.1, -0.05) is 32.9 Å². The van der Waals surface area contributed by atoms with Crippen molar-refractivity contribution in [1.29, 1.82) is 0 Å². The van der Waals surface area contributed by atoms with Crippen LogP contribution in [0.2, 0.25) is 0 Å². The summed E-state index contributed by atoms with van der Waals surface area (Å²) in [4.78, 5) is 0. The number of benzene rings is 1. The Morgan fingerprint density at radius 1 is 1.23 bits per heavy atom. The second-order valence-electron chi connectivity index (χ2n) is 6.26. The first-order valence-electron chi connectivity index (χ1n) is 6.82. The van der Waals surface area contributed by atoms with Crippen molar-refractivity contribution in [2.24, 2.45) is 11.1 Å². The molecule has 0 saturated carbocycles. The Labute approximate surface area is 127 Å². The van der Waals surface area contributed by atoms with Gasteiger partial charge in [-0.2, -0.15) is 17.6 Å².